The van der Waals surface area contributed by atoms with Crippen LogP contribution in [-0.2, 0) is 9.59 Å². The Labute approximate surface area is 168 Å². The van der Waals surface area contributed by atoms with E-state index in [0.29, 0.717) is 24.4 Å². The average molecular weight is 402 g/mol. The zero-order valence-electron chi connectivity index (χ0n) is 16.5. The van der Waals surface area contributed by atoms with Gasteiger partial charge in [-0.1, -0.05) is 6.07 Å². The van der Waals surface area contributed by atoms with E-state index in [9.17, 15) is 14.7 Å². The van der Waals surface area contributed by atoms with E-state index >= 15 is 0 Å². The Bertz CT molecular complexity index is 918. The van der Waals surface area contributed by atoms with Crippen molar-refractivity contribution >= 4 is 28.8 Å². The smallest absolute Gasteiger partial charge is 0.295 e. The van der Waals surface area contributed by atoms with Gasteiger partial charge in [-0.15, -0.1) is 11.3 Å². The van der Waals surface area contributed by atoms with E-state index in [1.807, 2.05) is 38.5 Å². The lowest BCUT2D eigenvalue weighted by Gasteiger charge is -2.24. The molecule has 148 valence electrons. The number of Topliss-reactive ketones (excluding diaryl/α,β-unsaturated/α-hetero) is 1. The number of carbonyl (C=O) groups is 2. The van der Waals surface area contributed by atoms with E-state index in [0.717, 1.165) is 10.4 Å². The molecule has 7 heteroatoms. The molecule has 6 nitrogen and oxygen atoms in total. The van der Waals surface area contributed by atoms with E-state index in [-0.39, 0.29) is 11.3 Å². The number of methoxy groups -OCH3 is 1. The lowest BCUT2D eigenvalue weighted by Crippen LogP contribution is -3.06. The molecular weight excluding hydrogens is 376 g/mol. The number of rotatable bonds is 6. The Morgan fingerprint density at radius 2 is 2.04 bits per heavy atom. The summed E-state index contributed by atoms with van der Waals surface area (Å²) >= 11 is 1.47. The molecule has 0 spiro atoms. The lowest BCUT2D eigenvalue weighted by atomic mass is 9.99. The van der Waals surface area contributed by atoms with Crippen molar-refractivity contribution in [3.8, 4) is 5.75 Å². The van der Waals surface area contributed by atoms with Crippen LogP contribution in [0, 0.1) is 6.92 Å². The molecule has 1 atom stereocenters. The summed E-state index contributed by atoms with van der Waals surface area (Å²) in [6.45, 7) is 3.01. The fourth-order valence-corrected chi connectivity index (χ4v) is 4.22. The number of aliphatic hydroxyl groups excluding tert-OH is 1. The first-order chi connectivity index (χ1) is 13.3. The van der Waals surface area contributed by atoms with Crippen LogP contribution in [-0.4, -0.2) is 56.0 Å². The van der Waals surface area contributed by atoms with E-state index < -0.39 is 17.7 Å². The van der Waals surface area contributed by atoms with Crippen molar-refractivity contribution in [2.45, 2.75) is 13.0 Å². The van der Waals surface area contributed by atoms with Crippen LogP contribution >= 0.6 is 11.3 Å². The zero-order valence-corrected chi connectivity index (χ0v) is 17.3. The second-order valence-electron chi connectivity index (χ2n) is 7.15. The van der Waals surface area contributed by atoms with Crippen molar-refractivity contribution in [2.75, 3.05) is 34.3 Å². The Morgan fingerprint density at radius 1 is 1.29 bits per heavy atom. The molecule has 1 aliphatic heterocycles. The van der Waals surface area contributed by atoms with Gasteiger partial charge >= 0.3 is 0 Å². The van der Waals surface area contributed by atoms with Gasteiger partial charge in [0.25, 0.3) is 11.7 Å². The number of nitrogens with zero attached hydrogens (tertiary/aromatic N) is 1. The molecule has 0 bridgehead atoms. The summed E-state index contributed by atoms with van der Waals surface area (Å²) < 4.78 is 5.27. The van der Waals surface area contributed by atoms with Crippen LogP contribution in [0.1, 0.15) is 22.0 Å². The minimum atomic E-state index is -0.641. The van der Waals surface area contributed by atoms with Crippen molar-refractivity contribution < 1.29 is 24.3 Å². The van der Waals surface area contributed by atoms with Gasteiger partial charge in [0.05, 0.1) is 45.9 Å². The van der Waals surface area contributed by atoms with Gasteiger partial charge in [0.1, 0.15) is 11.5 Å². The van der Waals surface area contributed by atoms with Crippen molar-refractivity contribution in [3.63, 3.8) is 0 Å². The highest BCUT2D eigenvalue weighted by atomic mass is 32.1. The highest BCUT2D eigenvalue weighted by Crippen LogP contribution is 2.41. The second-order valence-corrected chi connectivity index (χ2v) is 8.13. The average Bonchev–Trinajstić information content (AvgIpc) is 3.27. The van der Waals surface area contributed by atoms with E-state index in [2.05, 4.69) is 0 Å². The van der Waals surface area contributed by atoms with Crippen molar-refractivity contribution in [1.29, 1.82) is 0 Å². The minimum absolute atomic E-state index is 0.144. The minimum Gasteiger partial charge on any atom is -0.507 e. The van der Waals surface area contributed by atoms with Gasteiger partial charge in [-0.3, -0.25) is 9.59 Å². The molecule has 1 fully saturated rings. The number of benzene rings is 1. The van der Waals surface area contributed by atoms with Crippen LogP contribution in [0.4, 0.5) is 0 Å². The van der Waals surface area contributed by atoms with Gasteiger partial charge in [-0.25, -0.2) is 0 Å². The van der Waals surface area contributed by atoms with Crippen molar-refractivity contribution in [3.05, 3.63) is 57.3 Å². The van der Waals surface area contributed by atoms with Gasteiger partial charge in [0, 0.05) is 10.4 Å². The number of aliphatic hydroxyl groups is 1. The number of likely N-dealkylation sites (N-methyl/N-ethyl adjacent to an activating group) is 1. The number of hydrogen-bond acceptors (Lipinski definition) is 5. The van der Waals surface area contributed by atoms with Crippen LogP contribution in [0.2, 0.25) is 0 Å². The predicted octanol–water partition coefficient (Wildman–Crippen LogP) is 1.63. The zero-order chi connectivity index (χ0) is 20.4. The molecule has 1 saturated heterocycles. The van der Waals surface area contributed by atoms with Gasteiger partial charge in [-0.05, 0) is 42.1 Å². The molecular formula is C21H25N2O4S+. The maximum Gasteiger partial charge on any atom is 0.295 e. The molecule has 0 unspecified atom stereocenters. The van der Waals surface area contributed by atoms with Gasteiger partial charge < -0.3 is 19.6 Å². The maximum absolute atomic E-state index is 12.9. The summed E-state index contributed by atoms with van der Waals surface area (Å²) in [5.41, 5.74) is 1.48. The lowest BCUT2D eigenvalue weighted by molar-refractivity contribution is -0.857. The van der Waals surface area contributed by atoms with E-state index in [1.165, 1.54) is 16.2 Å². The van der Waals surface area contributed by atoms with Crippen molar-refractivity contribution in [1.82, 2.24) is 4.90 Å². The third-order valence-corrected chi connectivity index (χ3v) is 5.80. The van der Waals surface area contributed by atoms with Crippen LogP contribution < -0.4 is 9.64 Å². The largest absolute Gasteiger partial charge is 0.507 e. The Kier molecular flexibility index (Phi) is 5.86. The Balaban J connectivity index is 2.10. The number of thiophene rings is 1. The van der Waals surface area contributed by atoms with E-state index in [4.69, 9.17) is 4.74 Å². The summed E-state index contributed by atoms with van der Waals surface area (Å²) in [7, 11) is 5.57. The van der Waals surface area contributed by atoms with Gasteiger partial charge in [-0.2, -0.15) is 0 Å². The number of ketones is 1. The number of amides is 1. The molecule has 2 heterocycles. The topological polar surface area (TPSA) is 71.3 Å². The van der Waals surface area contributed by atoms with Crippen molar-refractivity contribution in [2.24, 2.45) is 0 Å². The van der Waals surface area contributed by atoms with Crippen LogP contribution in [0.25, 0.3) is 5.76 Å². The molecule has 1 amide bonds. The third kappa shape index (κ3) is 3.68. The second kappa shape index (κ2) is 8.16. The van der Waals surface area contributed by atoms with Crippen LogP contribution in [0.5, 0.6) is 5.75 Å². The summed E-state index contributed by atoms with van der Waals surface area (Å²) in [4.78, 5) is 29.2. The predicted molar refractivity (Wildman–Crippen MR) is 109 cm³/mol. The summed E-state index contributed by atoms with van der Waals surface area (Å²) in [6.07, 6.45) is 0. The molecule has 0 saturated carbocycles. The normalized spacial score (nSPS) is 18.9. The van der Waals surface area contributed by atoms with Crippen LogP contribution in [0.15, 0.2) is 41.3 Å². The SMILES string of the molecule is COc1ccc(C(O)=C2C(=O)C(=O)N(CC[NH+](C)C)[C@H]2c2cccs2)cc1C. The quantitative estimate of drug-likeness (QED) is 0.439. The standard InChI is InChI=1S/C21H24N2O4S/c1-13-12-14(7-8-15(13)27-4)19(24)17-18(16-6-5-11-28-16)23(10-9-22(2)3)21(26)20(17)25/h5-8,11-12,18,24H,9-10H2,1-4H3/p+1/t18-/m0/s1. The number of likely N-dealkylation sites (tertiary alicyclic amines) is 1. The molecule has 1 aromatic heterocycles. The fourth-order valence-electron chi connectivity index (χ4n) is 3.38. The molecule has 1 aliphatic rings. The van der Waals surface area contributed by atoms with Gasteiger partial charge in [0.2, 0.25) is 0 Å². The number of ether oxygens (including phenoxy) is 1. The maximum atomic E-state index is 12.9. The number of quaternary nitrogens is 1. The fraction of sp³-hybridized carbons (Fsp3) is 0.333. The molecule has 28 heavy (non-hydrogen) atoms. The third-order valence-electron chi connectivity index (χ3n) is 4.87. The Hall–Kier alpha value is -2.64. The summed E-state index contributed by atoms with van der Waals surface area (Å²) in [5, 5.41) is 12.9. The first kappa shape index (κ1) is 20.1. The molecule has 2 aromatic rings. The molecule has 1 aromatic carbocycles. The summed E-state index contributed by atoms with van der Waals surface area (Å²) in [6, 6.07) is 8.41. The molecule has 2 N–H and O–H groups in total. The summed E-state index contributed by atoms with van der Waals surface area (Å²) in [5.74, 6) is -0.660. The molecule has 3 rings (SSSR count). The number of aryl methyl sites for hydroxylation is 1. The Morgan fingerprint density at radius 3 is 2.61 bits per heavy atom. The number of carbonyl (C=O) groups excluding carboxylic acids is 2. The monoisotopic (exact) mass is 401 g/mol. The van der Waals surface area contributed by atoms with Crippen LogP contribution in [0.3, 0.4) is 0 Å². The van der Waals surface area contributed by atoms with Gasteiger partial charge in [0.15, 0.2) is 0 Å². The highest BCUT2D eigenvalue weighted by Gasteiger charge is 2.46. The first-order valence-corrected chi connectivity index (χ1v) is 9.99. The number of nitrogens with one attached hydrogen (secondary N) is 1. The molecule has 0 aliphatic carbocycles. The highest BCUT2D eigenvalue weighted by molar-refractivity contribution is 7.10. The van der Waals surface area contributed by atoms with E-state index in [1.54, 1.807) is 30.2 Å². The first-order valence-electron chi connectivity index (χ1n) is 9.11. The molecule has 0 radical (unpaired) electrons. The number of hydrogen-bond donors (Lipinski definition) is 2.